The maximum atomic E-state index is 11.9. The van der Waals surface area contributed by atoms with Crippen LogP contribution in [0.4, 0.5) is 0 Å². The number of amides is 1. The van der Waals surface area contributed by atoms with E-state index in [0.29, 0.717) is 10.6 Å². The Labute approximate surface area is 154 Å². The molecule has 0 fully saturated rings. The Bertz CT molecular complexity index is 716. The van der Waals surface area contributed by atoms with Gasteiger partial charge >= 0.3 is 0 Å². The molecule has 3 atom stereocenters. The summed E-state index contributed by atoms with van der Waals surface area (Å²) in [6.45, 7) is 2.01. The molecule has 25 heavy (non-hydrogen) atoms. The number of carbonyl (C=O) groups excluding carboxylic acids is 1. The molecule has 0 radical (unpaired) electrons. The van der Waals surface area contributed by atoms with Crippen molar-refractivity contribution >= 4 is 17.5 Å². The van der Waals surface area contributed by atoms with Crippen molar-refractivity contribution in [2.75, 3.05) is 14.1 Å². The third-order valence-electron chi connectivity index (χ3n) is 4.38. The van der Waals surface area contributed by atoms with Crippen LogP contribution >= 0.6 is 11.6 Å². The van der Waals surface area contributed by atoms with Gasteiger partial charge in [0.25, 0.3) is 5.91 Å². The number of aliphatic hydroxyl groups excluding tert-OH is 1. The lowest BCUT2D eigenvalue weighted by Gasteiger charge is -2.25. The normalized spacial score (nSPS) is 14.6. The van der Waals surface area contributed by atoms with Crippen LogP contribution in [0.2, 0.25) is 5.02 Å². The molecule has 0 aliphatic rings. The number of rotatable bonds is 6. The lowest BCUT2D eigenvalue weighted by molar-refractivity contribution is 0.0827. The van der Waals surface area contributed by atoms with Gasteiger partial charge in [0.15, 0.2) is 0 Å². The zero-order valence-electron chi connectivity index (χ0n) is 14.8. The highest BCUT2D eigenvalue weighted by Crippen LogP contribution is 2.25. The summed E-state index contributed by atoms with van der Waals surface area (Å²) in [5.41, 5.74) is 8.71. The first-order chi connectivity index (χ1) is 11.8. The third kappa shape index (κ3) is 5.05. The molecule has 0 aliphatic carbocycles. The van der Waals surface area contributed by atoms with Gasteiger partial charge in [-0.05, 0) is 47.7 Å². The summed E-state index contributed by atoms with van der Waals surface area (Å²) in [5, 5.41) is 11.1. The van der Waals surface area contributed by atoms with Crippen molar-refractivity contribution in [1.82, 2.24) is 4.90 Å². The SMILES string of the molecule is CC(Cc1ccc(C(=O)N(C)C)cc1)[C@@H](N)[C@H](O)c1cccc(Cl)c1. The average Bonchev–Trinajstić information content (AvgIpc) is 2.60. The molecule has 3 N–H and O–H groups in total. The van der Waals surface area contributed by atoms with E-state index in [0.717, 1.165) is 17.5 Å². The maximum Gasteiger partial charge on any atom is 0.253 e. The van der Waals surface area contributed by atoms with Crippen LogP contribution in [0.3, 0.4) is 0 Å². The van der Waals surface area contributed by atoms with Crippen LogP contribution in [-0.2, 0) is 6.42 Å². The summed E-state index contributed by atoms with van der Waals surface area (Å²) in [7, 11) is 3.46. The van der Waals surface area contributed by atoms with Crippen molar-refractivity contribution < 1.29 is 9.90 Å². The van der Waals surface area contributed by atoms with Crippen molar-refractivity contribution in [3.63, 3.8) is 0 Å². The van der Waals surface area contributed by atoms with Crippen LogP contribution < -0.4 is 5.73 Å². The maximum absolute atomic E-state index is 11.9. The zero-order valence-corrected chi connectivity index (χ0v) is 15.6. The molecule has 1 amide bonds. The molecule has 2 aromatic carbocycles. The summed E-state index contributed by atoms with van der Waals surface area (Å²) >= 11 is 5.98. The highest BCUT2D eigenvalue weighted by Gasteiger charge is 2.23. The fourth-order valence-corrected chi connectivity index (χ4v) is 2.97. The molecule has 0 saturated heterocycles. The van der Waals surface area contributed by atoms with Crippen molar-refractivity contribution in [3.05, 3.63) is 70.2 Å². The molecule has 1 unspecified atom stereocenters. The second kappa shape index (κ2) is 8.48. The van der Waals surface area contributed by atoms with E-state index in [9.17, 15) is 9.90 Å². The Balaban J connectivity index is 2.03. The Morgan fingerprint density at radius 1 is 1.20 bits per heavy atom. The van der Waals surface area contributed by atoms with E-state index in [-0.39, 0.29) is 11.8 Å². The van der Waals surface area contributed by atoms with Crippen LogP contribution in [0.15, 0.2) is 48.5 Å². The molecule has 0 aromatic heterocycles. The quantitative estimate of drug-likeness (QED) is 0.830. The van der Waals surface area contributed by atoms with Gasteiger partial charge in [-0.25, -0.2) is 0 Å². The Kier molecular flexibility index (Phi) is 6.59. The zero-order chi connectivity index (χ0) is 18.6. The summed E-state index contributed by atoms with van der Waals surface area (Å²) in [5.74, 6) is 0.0389. The molecule has 2 rings (SSSR count). The average molecular weight is 361 g/mol. The second-order valence-electron chi connectivity index (χ2n) is 6.66. The molecule has 4 nitrogen and oxygen atoms in total. The monoisotopic (exact) mass is 360 g/mol. The second-order valence-corrected chi connectivity index (χ2v) is 7.09. The van der Waals surface area contributed by atoms with E-state index in [1.807, 2.05) is 37.3 Å². The summed E-state index contributed by atoms with van der Waals surface area (Å²) < 4.78 is 0. The number of hydrogen-bond donors (Lipinski definition) is 2. The topological polar surface area (TPSA) is 66.6 Å². The van der Waals surface area contributed by atoms with Crippen LogP contribution in [0.1, 0.15) is 34.5 Å². The number of benzene rings is 2. The van der Waals surface area contributed by atoms with E-state index in [2.05, 4.69) is 0 Å². The van der Waals surface area contributed by atoms with Gasteiger partial charge in [-0.3, -0.25) is 4.79 Å². The Hall–Kier alpha value is -1.88. The number of nitrogens with zero attached hydrogens (tertiary/aromatic N) is 1. The molecule has 2 aromatic rings. The molecular weight excluding hydrogens is 336 g/mol. The first kappa shape index (κ1) is 19.4. The van der Waals surface area contributed by atoms with Gasteiger partial charge in [-0.2, -0.15) is 0 Å². The standard InChI is InChI=1S/C20H25ClN2O2/c1-13(18(22)19(24)16-5-4-6-17(21)12-16)11-14-7-9-15(10-8-14)20(25)23(2)3/h4-10,12-13,18-19,24H,11,22H2,1-3H3/t13?,18-,19-/m1/s1. The number of halogens is 1. The fraction of sp³-hybridized carbons (Fsp3) is 0.350. The van der Waals surface area contributed by atoms with E-state index in [1.165, 1.54) is 0 Å². The number of nitrogens with two attached hydrogens (primary N) is 1. The minimum absolute atomic E-state index is 0.0207. The number of carbonyl (C=O) groups is 1. The van der Waals surface area contributed by atoms with Crippen molar-refractivity contribution in [2.45, 2.75) is 25.5 Å². The van der Waals surface area contributed by atoms with Crippen LogP contribution in [0.25, 0.3) is 0 Å². The fourth-order valence-electron chi connectivity index (χ4n) is 2.77. The van der Waals surface area contributed by atoms with Crippen molar-refractivity contribution in [3.8, 4) is 0 Å². The first-order valence-electron chi connectivity index (χ1n) is 8.29. The molecular formula is C20H25ClN2O2. The van der Waals surface area contributed by atoms with E-state index >= 15 is 0 Å². The lowest BCUT2D eigenvalue weighted by Crippen LogP contribution is -2.36. The van der Waals surface area contributed by atoms with Crippen LogP contribution in [0, 0.1) is 5.92 Å². The highest BCUT2D eigenvalue weighted by molar-refractivity contribution is 6.30. The summed E-state index contributed by atoms with van der Waals surface area (Å²) in [6.07, 6.45) is -0.0572. The van der Waals surface area contributed by atoms with Gasteiger partial charge in [0.05, 0.1) is 6.10 Å². The summed E-state index contributed by atoms with van der Waals surface area (Å²) in [4.78, 5) is 13.5. The first-order valence-corrected chi connectivity index (χ1v) is 8.67. The number of aliphatic hydroxyl groups is 1. The van der Waals surface area contributed by atoms with E-state index in [4.69, 9.17) is 17.3 Å². The van der Waals surface area contributed by atoms with Gasteiger partial charge in [0.2, 0.25) is 0 Å². The minimum Gasteiger partial charge on any atom is -0.387 e. The Morgan fingerprint density at radius 2 is 1.84 bits per heavy atom. The molecule has 0 spiro atoms. The molecule has 0 aliphatic heterocycles. The molecule has 0 saturated carbocycles. The van der Waals surface area contributed by atoms with Gasteiger partial charge in [0, 0.05) is 30.7 Å². The Morgan fingerprint density at radius 3 is 2.40 bits per heavy atom. The lowest BCUT2D eigenvalue weighted by atomic mass is 9.88. The minimum atomic E-state index is -0.775. The van der Waals surface area contributed by atoms with Crippen LogP contribution in [-0.4, -0.2) is 36.1 Å². The van der Waals surface area contributed by atoms with Crippen molar-refractivity contribution in [1.29, 1.82) is 0 Å². The van der Waals surface area contributed by atoms with Crippen LogP contribution in [0.5, 0.6) is 0 Å². The van der Waals surface area contributed by atoms with Gasteiger partial charge < -0.3 is 15.7 Å². The smallest absolute Gasteiger partial charge is 0.253 e. The highest BCUT2D eigenvalue weighted by atomic mass is 35.5. The van der Waals surface area contributed by atoms with E-state index < -0.39 is 12.1 Å². The molecule has 0 heterocycles. The molecule has 0 bridgehead atoms. The summed E-state index contributed by atoms with van der Waals surface area (Å²) in [6, 6.07) is 14.2. The van der Waals surface area contributed by atoms with Crippen molar-refractivity contribution in [2.24, 2.45) is 11.7 Å². The van der Waals surface area contributed by atoms with Gasteiger partial charge in [-0.15, -0.1) is 0 Å². The third-order valence-corrected chi connectivity index (χ3v) is 4.61. The number of hydrogen-bond acceptors (Lipinski definition) is 3. The van der Waals surface area contributed by atoms with Gasteiger partial charge in [-0.1, -0.05) is 42.8 Å². The largest absolute Gasteiger partial charge is 0.387 e. The van der Waals surface area contributed by atoms with Gasteiger partial charge in [0.1, 0.15) is 0 Å². The molecule has 5 heteroatoms. The predicted molar refractivity (Wildman–Crippen MR) is 102 cm³/mol. The van der Waals surface area contributed by atoms with E-state index in [1.54, 1.807) is 37.2 Å². The molecule has 134 valence electrons. The predicted octanol–water partition coefficient (Wildman–Crippen LogP) is 3.28.